The van der Waals surface area contributed by atoms with E-state index in [1.165, 1.54) is 32.4 Å². The van der Waals surface area contributed by atoms with Crippen LogP contribution < -0.4 is 5.32 Å². The molecular formula is C9H15NO. The molecule has 2 fully saturated rings. The Morgan fingerprint density at radius 2 is 1.82 bits per heavy atom. The first kappa shape index (κ1) is 7.32. The van der Waals surface area contributed by atoms with Crippen LogP contribution >= 0.6 is 0 Å². The first-order valence-corrected chi connectivity index (χ1v) is 4.45. The van der Waals surface area contributed by atoms with Gasteiger partial charge in [-0.05, 0) is 37.9 Å². The molecule has 0 bridgehead atoms. The van der Waals surface area contributed by atoms with Crippen molar-refractivity contribution >= 4 is 0 Å². The van der Waals surface area contributed by atoms with Crippen LogP contribution in [0.2, 0.25) is 0 Å². The van der Waals surface area contributed by atoms with Crippen molar-refractivity contribution in [1.82, 2.24) is 5.32 Å². The maximum Gasteiger partial charge on any atom is 0.0680 e. The van der Waals surface area contributed by atoms with Crippen molar-refractivity contribution in [3.05, 3.63) is 11.1 Å². The van der Waals surface area contributed by atoms with Crippen molar-refractivity contribution in [2.75, 3.05) is 26.3 Å². The summed E-state index contributed by atoms with van der Waals surface area (Å²) in [5.41, 5.74) is 3.26. The Morgan fingerprint density at radius 1 is 1.00 bits per heavy atom. The van der Waals surface area contributed by atoms with Crippen molar-refractivity contribution in [2.45, 2.75) is 19.3 Å². The Kier molecular flexibility index (Phi) is 2.24. The average Bonchev–Trinajstić information content (AvgIpc) is 2.58. The number of piperidine rings is 1. The lowest BCUT2D eigenvalue weighted by Gasteiger charge is -2.17. The van der Waals surface area contributed by atoms with E-state index in [4.69, 9.17) is 4.74 Å². The van der Waals surface area contributed by atoms with E-state index in [1.807, 2.05) is 0 Å². The topological polar surface area (TPSA) is 21.3 Å². The van der Waals surface area contributed by atoms with E-state index < -0.39 is 0 Å². The normalized spacial score (nSPS) is 26.2. The lowest BCUT2D eigenvalue weighted by atomic mass is 9.99. The molecule has 1 N–H and O–H groups in total. The summed E-state index contributed by atoms with van der Waals surface area (Å²) in [7, 11) is 0. The Labute approximate surface area is 67.6 Å². The Hall–Kier alpha value is -0.340. The molecule has 2 rings (SSSR count). The molecule has 0 amide bonds. The molecule has 0 atom stereocenters. The highest BCUT2D eigenvalue weighted by atomic mass is 16.5. The van der Waals surface area contributed by atoms with Crippen LogP contribution in [0.3, 0.4) is 0 Å². The van der Waals surface area contributed by atoms with E-state index >= 15 is 0 Å². The Morgan fingerprint density at radius 3 is 2.45 bits per heavy atom. The van der Waals surface area contributed by atoms with Gasteiger partial charge in [-0.15, -0.1) is 0 Å². The molecule has 0 unspecified atom stereocenters. The summed E-state index contributed by atoms with van der Waals surface area (Å²) < 4.78 is 5.33. The van der Waals surface area contributed by atoms with E-state index in [2.05, 4.69) is 5.32 Å². The van der Waals surface area contributed by atoms with Gasteiger partial charge in [0.15, 0.2) is 0 Å². The molecule has 0 aliphatic carbocycles. The quantitative estimate of drug-likeness (QED) is 0.526. The van der Waals surface area contributed by atoms with Crippen LogP contribution in [0.4, 0.5) is 0 Å². The van der Waals surface area contributed by atoms with Crippen molar-refractivity contribution < 1.29 is 4.74 Å². The van der Waals surface area contributed by atoms with Crippen LogP contribution in [-0.4, -0.2) is 26.3 Å². The standard InChI is InChI=1S/C9H15NO/c1-4-10-5-2-8(1)9-3-6-11-7-9/h10H,1-7H2. The summed E-state index contributed by atoms with van der Waals surface area (Å²) >= 11 is 0. The SMILES string of the molecule is C1CC(=C2CCOC2)CCN1. The monoisotopic (exact) mass is 153 g/mol. The zero-order chi connectivity index (χ0) is 7.52. The second-order valence-corrected chi connectivity index (χ2v) is 3.26. The third-order valence-corrected chi connectivity index (χ3v) is 2.53. The molecule has 2 saturated heterocycles. The molecule has 2 heteroatoms. The van der Waals surface area contributed by atoms with E-state index in [9.17, 15) is 0 Å². The molecule has 0 spiro atoms. The van der Waals surface area contributed by atoms with Gasteiger partial charge in [-0.2, -0.15) is 0 Å². The minimum Gasteiger partial charge on any atom is -0.377 e. The third kappa shape index (κ3) is 1.63. The summed E-state index contributed by atoms with van der Waals surface area (Å²) in [6.45, 7) is 4.19. The molecule has 11 heavy (non-hydrogen) atoms. The van der Waals surface area contributed by atoms with E-state index in [0.717, 1.165) is 13.2 Å². The first-order chi connectivity index (χ1) is 5.47. The maximum atomic E-state index is 5.33. The van der Waals surface area contributed by atoms with Crippen LogP contribution in [0.5, 0.6) is 0 Å². The summed E-state index contributed by atoms with van der Waals surface area (Å²) in [4.78, 5) is 0. The molecule has 0 radical (unpaired) electrons. The summed E-state index contributed by atoms with van der Waals surface area (Å²) in [6, 6.07) is 0. The van der Waals surface area contributed by atoms with Gasteiger partial charge in [0, 0.05) is 0 Å². The van der Waals surface area contributed by atoms with Gasteiger partial charge in [0.25, 0.3) is 0 Å². The molecule has 0 saturated carbocycles. The fourth-order valence-electron chi connectivity index (χ4n) is 1.82. The summed E-state index contributed by atoms with van der Waals surface area (Å²) in [5.74, 6) is 0. The fraction of sp³-hybridized carbons (Fsp3) is 0.778. The van der Waals surface area contributed by atoms with Crippen LogP contribution in [0, 0.1) is 0 Å². The van der Waals surface area contributed by atoms with Gasteiger partial charge in [-0.3, -0.25) is 0 Å². The predicted octanol–water partition coefficient (Wildman–Crippen LogP) is 1.09. The highest BCUT2D eigenvalue weighted by Crippen LogP contribution is 2.22. The molecule has 2 nitrogen and oxygen atoms in total. The minimum atomic E-state index is 0.912. The van der Waals surface area contributed by atoms with Crippen molar-refractivity contribution in [2.24, 2.45) is 0 Å². The smallest absolute Gasteiger partial charge is 0.0680 e. The minimum absolute atomic E-state index is 0.912. The van der Waals surface area contributed by atoms with Crippen LogP contribution in [0.1, 0.15) is 19.3 Å². The number of hydrogen-bond donors (Lipinski definition) is 1. The molecule has 2 aliphatic heterocycles. The van der Waals surface area contributed by atoms with E-state index in [1.54, 1.807) is 11.1 Å². The molecule has 0 aromatic rings. The lowest BCUT2D eigenvalue weighted by Crippen LogP contribution is -2.23. The second kappa shape index (κ2) is 3.37. The zero-order valence-corrected chi connectivity index (χ0v) is 6.86. The van der Waals surface area contributed by atoms with Gasteiger partial charge in [-0.1, -0.05) is 5.57 Å². The molecule has 0 aromatic carbocycles. The van der Waals surface area contributed by atoms with Crippen LogP contribution in [-0.2, 0) is 4.74 Å². The highest BCUT2D eigenvalue weighted by Gasteiger charge is 2.14. The van der Waals surface area contributed by atoms with Gasteiger partial charge in [0.1, 0.15) is 0 Å². The van der Waals surface area contributed by atoms with Crippen molar-refractivity contribution in [1.29, 1.82) is 0 Å². The third-order valence-electron chi connectivity index (χ3n) is 2.53. The predicted molar refractivity (Wildman–Crippen MR) is 44.6 cm³/mol. The van der Waals surface area contributed by atoms with Crippen LogP contribution in [0.25, 0.3) is 0 Å². The Balaban J connectivity index is 2.03. The maximum absolute atomic E-state index is 5.33. The number of hydrogen-bond acceptors (Lipinski definition) is 2. The van der Waals surface area contributed by atoms with Gasteiger partial charge in [0.05, 0.1) is 13.2 Å². The van der Waals surface area contributed by atoms with Crippen molar-refractivity contribution in [3.8, 4) is 0 Å². The lowest BCUT2D eigenvalue weighted by molar-refractivity contribution is 0.204. The van der Waals surface area contributed by atoms with Crippen LogP contribution in [0.15, 0.2) is 11.1 Å². The number of nitrogens with one attached hydrogen (secondary N) is 1. The average molecular weight is 153 g/mol. The summed E-state index contributed by atoms with van der Waals surface area (Å²) in [6.07, 6.45) is 3.69. The number of rotatable bonds is 0. The van der Waals surface area contributed by atoms with E-state index in [0.29, 0.717) is 0 Å². The van der Waals surface area contributed by atoms with Gasteiger partial charge >= 0.3 is 0 Å². The zero-order valence-electron chi connectivity index (χ0n) is 6.86. The van der Waals surface area contributed by atoms with Gasteiger partial charge < -0.3 is 10.1 Å². The Bertz CT molecular complexity index is 158. The van der Waals surface area contributed by atoms with Gasteiger partial charge in [0.2, 0.25) is 0 Å². The number of ether oxygens (including phenoxy) is 1. The van der Waals surface area contributed by atoms with E-state index in [-0.39, 0.29) is 0 Å². The largest absolute Gasteiger partial charge is 0.377 e. The molecule has 2 heterocycles. The molecule has 0 aromatic heterocycles. The second-order valence-electron chi connectivity index (χ2n) is 3.26. The van der Waals surface area contributed by atoms with Crippen molar-refractivity contribution in [3.63, 3.8) is 0 Å². The highest BCUT2D eigenvalue weighted by molar-refractivity contribution is 5.18. The fourth-order valence-corrected chi connectivity index (χ4v) is 1.82. The molecular weight excluding hydrogens is 138 g/mol. The molecule has 2 aliphatic rings. The first-order valence-electron chi connectivity index (χ1n) is 4.45. The molecule has 62 valence electrons. The summed E-state index contributed by atoms with van der Waals surface area (Å²) in [5, 5.41) is 3.36. The van der Waals surface area contributed by atoms with Gasteiger partial charge in [-0.25, -0.2) is 0 Å².